The Hall–Kier alpha value is -3.29. The van der Waals surface area contributed by atoms with Gasteiger partial charge in [0.15, 0.2) is 17.1 Å². The van der Waals surface area contributed by atoms with Crippen LogP contribution < -0.4 is 20.1 Å². The molecule has 0 saturated heterocycles. The maximum absolute atomic E-state index is 12.1. The second kappa shape index (κ2) is 6.55. The molecular formula is C18H19N5O3. The molecular weight excluding hydrogens is 334 g/mol. The fourth-order valence-corrected chi connectivity index (χ4v) is 2.97. The molecule has 0 bridgehead atoms. The van der Waals surface area contributed by atoms with Crippen LogP contribution in [-0.2, 0) is 13.5 Å². The summed E-state index contributed by atoms with van der Waals surface area (Å²) in [6.07, 6.45) is 2.32. The molecule has 0 unspecified atom stereocenters. The van der Waals surface area contributed by atoms with E-state index in [9.17, 15) is 4.79 Å². The minimum atomic E-state index is -0.270. The van der Waals surface area contributed by atoms with E-state index in [2.05, 4.69) is 20.7 Å². The fraction of sp³-hybridized carbons (Fsp3) is 0.278. The largest absolute Gasteiger partial charge is 0.454 e. The molecule has 0 fully saturated rings. The number of amides is 2. The van der Waals surface area contributed by atoms with Gasteiger partial charge >= 0.3 is 6.03 Å². The van der Waals surface area contributed by atoms with Crippen molar-refractivity contribution in [2.45, 2.75) is 13.3 Å². The summed E-state index contributed by atoms with van der Waals surface area (Å²) in [5, 5.41) is 10.9. The molecule has 4 rings (SSSR count). The summed E-state index contributed by atoms with van der Waals surface area (Å²) in [7, 11) is 1.85. The third-order valence-electron chi connectivity index (χ3n) is 4.26. The van der Waals surface area contributed by atoms with Gasteiger partial charge in [-0.3, -0.25) is 4.68 Å². The van der Waals surface area contributed by atoms with Crippen LogP contribution in [0.1, 0.15) is 11.3 Å². The van der Waals surface area contributed by atoms with Crippen molar-refractivity contribution in [1.29, 1.82) is 0 Å². The highest BCUT2D eigenvalue weighted by atomic mass is 16.7. The van der Waals surface area contributed by atoms with E-state index < -0.39 is 0 Å². The predicted molar refractivity (Wildman–Crippen MR) is 96.5 cm³/mol. The average molecular weight is 353 g/mol. The first-order valence-corrected chi connectivity index (χ1v) is 8.33. The number of pyridine rings is 1. The molecule has 134 valence electrons. The van der Waals surface area contributed by atoms with Crippen LogP contribution in [0.15, 0.2) is 30.5 Å². The third-order valence-corrected chi connectivity index (χ3v) is 4.26. The summed E-state index contributed by atoms with van der Waals surface area (Å²) in [6, 6.07) is 7.39. The molecule has 2 aromatic heterocycles. The smallest absolute Gasteiger partial charge is 0.319 e. The summed E-state index contributed by atoms with van der Waals surface area (Å²) in [6.45, 7) is 2.68. The number of anilines is 1. The second-order valence-corrected chi connectivity index (χ2v) is 6.12. The number of aromatic nitrogens is 3. The zero-order valence-electron chi connectivity index (χ0n) is 14.6. The van der Waals surface area contributed by atoms with Crippen molar-refractivity contribution in [1.82, 2.24) is 20.1 Å². The van der Waals surface area contributed by atoms with Crippen molar-refractivity contribution in [3.63, 3.8) is 0 Å². The topological polar surface area (TPSA) is 90.3 Å². The summed E-state index contributed by atoms with van der Waals surface area (Å²) in [4.78, 5) is 16.4. The van der Waals surface area contributed by atoms with Crippen LogP contribution in [0.2, 0.25) is 0 Å². The predicted octanol–water partition coefficient (Wildman–Crippen LogP) is 2.37. The molecule has 0 spiro atoms. The molecule has 0 saturated carbocycles. The lowest BCUT2D eigenvalue weighted by Gasteiger charge is -2.08. The molecule has 1 aliphatic heterocycles. The molecule has 26 heavy (non-hydrogen) atoms. The molecule has 1 aromatic carbocycles. The minimum Gasteiger partial charge on any atom is -0.454 e. The van der Waals surface area contributed by atoms with Gasteiger partial charge in [-0.1, -0.05) is 6.07 Å². The Kier molecular flexibility index (Phi) is 4.08. The highest BCUT2D eigenvalue weighted by molar-refractivity contribution is 5.92. The SMILES string of the molecule is Cc1nn(C)c2ncc(NC(=O)NCCc3ccc4c(c3)OCO4)cc12. The van der Waals surface area contributed by atoms with Crippen LogP contribution >= 0.6 is 0 Å². The van der Waals surface area contributed by atoms with Crippen molar-refractivity contribution in [3.8, 4) is 11.5 Å². The summed E-state index contributed by atoms with van der Waals surface area (Å²) in [5.41, 5.74) is 3.37. The van der Waals surface area contributed by atoms with E-state index >= 15 is 0 Å². The van der Waals surface area contributed by atoms with Crippen molar-refractivity contribution in [2.75, 3.05) is 18.7 Å². The number of fused-ring (bicyclic) bond motifs is 2. The number of nitrogens with one attached hydrogen (secondary N) is 2. The van der Waals surface area contributed by atoms with Gasteiger partial charge in [-0.25, -0.2) is 9.78 Å². The number of nitrogens with zero attached hydrogens (tertiary/aromatic N) is 3. The first kappa shape index (κ1) is 16.2. The Morgan fingerprint density at radius 3 is 3.00 bits per heavy atom. The average Bonchev–Trinajstić information content (AvgIpc) is 3.19. The molecule has 0 aliphatic carbocycles. The number of hydrogen-bond donors (Lipinski definition) is 2. The van der Waals surface area contributed by atoms with Crippen LogP contribution in [-0.4, -0.2) is 34.1 Å². The summed E-state index contributed by atoms with van der Waals surface area (Å²) < 4.78 is 12.4. The number of urea groups is 1. The van der Waals surface area contributed by atoms with Crippen molar-refractivity contribution in [2.24, 2.45) is 7.05 Å². The normalized spacial score (nSPS) is 12.4. The van der Waals surface area contributed by atoms with Gasteiger partial charge in [-0.15, -0.1) is 0 Å². The van der Waals surface area contributed by atoms with Crippen molar-refractivity contribution >= 4 is 22.8 Å². The van der Waals surface area contributed by atoms with Gasteiger partial charge in [-0.2, -0.15) is 5.10 Å². The molecule has 2 N–H and O–H groups in total. The number of ether oxygens (including phenoxy) is 2. The van der Waals surface area contributed by atoms with Crippen molar-refractivity contribution in [3.05, 3.63) is 41.7 Å². The summed E-state index contributed by atoms with van der Waals surface area (Å²) >= 11 is 0. The van der Waals surface area contributed by atoms with Gasteiger partial charge < -0.3 is 20.1 Å². The van der Waals surface area contributed by atoms with Crippen LogP contribution in [0, 0.1) is 6.92 Å². The molecule has 1 aliphatic rings. The van der Waals surface area contributed by atoms with Crippen LogP contribution in [0.3, 0.4) is 0 Å². The fourth-order valence-electron chi connectivity index (χ4n) is 2.97. The van der Waals surface area contributed by atoms with E-state index in [0.29, 0.717) is 18.7 Å². The molecule has 0 atom stereocenters. The lowest BCUT2D eigenvalue weighted by Crippen LogP contribution is -2.30. The van der Waals surface area contributed by atoms with Gasteiger partial charge in [0.1, 0.15) is 0 Å². The van der Waals surface area contributed by atoms with E-state index in [0.717, 1.165) is 33.8 Å². The Bertz CT molecular complexity index is 982. The number of hydrogen-bond acceptors (Lipinski definition) is 5. The second-order valence-electron chi connectivity index (χ2n) is 6.12. The Morgan fingerprint density at radius 1 is 1.27 bits per heavy atom. The number of carbonyl (C=O) groups is 1. The zero-order chi connectivity index (χ0) is 18.1. The van der Waals surface area contributed by atoms with E-state index in [1.54, 1.807) is 10.9 Å². The molecule has 8 heteroatoms. The number of aryl methyl sites for hydroxylation is 2. The third kappa shape index (κ3) is 3.13. The molecule has 8 nitrogen and oxygen atoms in total. The number of benzene rings is 1. The molecule has 2 amide bonds. The first-order chi connectivity index (χ1) is 12.6. The van der Waals surface area contributed by atoms with E-state index in [4.69, 9.17) is 9.47 Å². The number of rotatable bonds is 4. The molecule has 3 heterocycles. The Balaban J connectivity index is 1.33. The first-order valence-electron chi connectivity index (χ1n) is 8.33. The van der Waals surface area contributed by atoms with Gasteiger partial charge in [0.2, 0.25) is 6.79 Å². The van der Waals surface area contributed by atoms with Crippen LogP contribution in [0.4, 0.5) is 10.5 Å². The molecule has 0 radical (unpaired) electrons. The monoisotopic (exact) mass is 353 g/mol. The number of carbonyl (C=O) groups excluding carboxylic acids is 1. The van der Waals surface area contributed by atoms with Gasteiger partial charge in [0.25, 0.3) is 0 Å². The van der Waals surface area contributed by atoms with E-state index in [1.807, 2.05) is 38.2 Å². The quantitative estimate of drug-likeness (QED) is 0.751. The zero-order valence-corrected chi connectivity index (χ0v) is 14.6. The van der Waals surface area contributed by atoms with E-state index in [1.165, 1.54) is 0 Å². The van der Waals surface area contributed by atoms with Gasteiger partial charge in [0, 0.05) is 19.0 Å². The minimum absolute atomic E-state index is 0.258. The highest BCUT2D eigenvalue weighted by Gasteiger charge is 2.13. The van der Waals surface area contributed by atoms with Crippen LogP contribution in [0.5, 0.6) is 11.5 Å². The Morgan fingerprint density at radius 2 is 2.12 bits per heavy atom. The lowest BCUT2D eigenvalue weighted by molar-refractivity contribution is 0.174. The molecule has 3 aromatic rings. The summed E-state index contributed by atoms with van der Waals surface area (Å²) in [5.74, 6) is 1.51. The van der Waals surface area contributed by atoms with Gasteiger partial charge in [0.05, 0.1) is 17.6 Å². The van der Waals surface area contributed by atoms with E-state index in [-0.39, 0.29) is 12.8 Å². The van der Waals surface area contributed by atoms with Crippen molar-refractivity contribution < 1.29 is 14.3 Å². The lowest BCUT2D eigenvalue weighted by atomic mass is 10.1. The maximum Gasteiger partial charge on any atom is 0.319 e. The Labute approximate surface area is 150 Å². The van der Waals surface area contributed by atoms with Gasteiger partial charge in [-0.05, 0) is 37.1 Å². The standard InChI is InChI=1S/C18H19N5O3/c1-11-14-8-13(9-20-17(14)23(2)22-11)21-18(24)19-6-5-12-3-4-15-16(7-12)26-10-25-15/h3-4,7-9H,5-6,10H2,1-2H3,(H2,19,21,24). The maximum atomic E-state index is 12.1. The highest BCUT2D eigenvalue weighted by Crippen LogP contribution is 2.32. The van der Waals surface area contributed by atoms with Crippen LogP contribution in [0.25, 0.3) is 11.0 Å².